The molecule has 0 aliphatic heterocycles. The van der Waals surface area contributed by atoms with E-state index < -0.39 is 24.1 Å². The molecule has 29 heavy (non-hydrogen) atoms. The van der Waals surface area contributed by atoms with Gasteiger partial charge in [-0.25, -0.2) is 0 Å². The maximum atomic E-state index is 11.6. The topological polar surface area (TPSA) is 101 Å². The Hall–Kier alpha value is -0.690. The molecular weight excluding hydrogens is 370 g/mol. The van der Waals surface area contributed by atoms with Crippen LogP contribution in [0.3, 0.4) is 0 Å². The zero-order chi connectivity index (χ0) is 22.1. The van der Waals surface area contributed by atoms with E-state index in [-0.39, 0.29) is 17.6 Å². The average molecular weight is 418 g/mol. The molecule has 0 bridgehead atoms. The number of rotatable bonds is 20. The normalized spacial score (nSPS) is 16.9. The second kappa shape index (κ2) is 17.0. The van der Waals surface area contributed by atoms with E-state index in [1.165, 1.54) is 0 Å². The van der Waals surface area contributed by atoms with Crippen molar-refractivity contribution in [3.63, 3.8) is 0 Å². The minimum Gasteiger partial charge on any atom is -0.550 e. The predicted octanol–water partition coefficient (Wildman–Crippen LogP) is 2.23. The zero-order valence-corrected chi connectivity index (χ0v) is 19.2. The molecule has 0 spiro atoms. The number of aliphatic hydroxyl groups excluding tert-OH is 3. The van der Waals surface area contributed by atoms with Gasteiger partial charge in [-0.15, -0.1) is 0 Å². The summed E-state index contributed by atoms with van der Waals surface area (Å²) in [6, 6.07) is 0. The molecule has 3 atom stereocenters. The average Bonchev–Trinajstić information content (AvgIpc) is 2.66. The molecule has 0 fully saturated rings. The molecule has 0 saturated carbocycles. The number of aliphatic hydroxyl groups is 3. The van der Waals surface area contributed by atoms with Crippen molar-refractivity contribution >= 4 is 5.97 Å². The van der Waals surface area contributed by atoms with Gasteiger partial charge in [0.1, 0.15) is 31.8 Å². The van der Waals surface area contributed by atoms with Crippen LogP contribution in [-0.4, -0.2) is 70.8 Å². The molecule has 3 unspecified atom stereocenters. The lowest BCUT2D eigenvalue weighted by molar-refractivity contribution is -0.936. The Bertz CT molecular complexity index is 385. The Labute approximate surface area is 178 Å². The number of nitrogens with zero attached hydrogens (tertiary/aromatic N) is 1. The van der Waals surface area contributed by atoms with Gasteiger partial charge in [-0.3, -0.25) is 0 Å². The van der Waals surface area contributed by atoms with E-state index in [1.54, 1.807) is 0 Å². The SMILES string of the molecule is CCCCCCC(O)C[N+](CCO)(CC(O)CCCCCC)CC(CC)C(=O)[O-]. The van der Waals surface area contributed by atoms with Gasteiger partial charge in [0.2, 0.25) is 0 Å². The van der Waals surface area contributed by atoms with Crippen LogP contribution >= 0.6 is 0 Å². The van der Waals surface area contributed by atoms with Crippen LogP contribution < -0.4 is 5.11 Å². The summed E-state index contributed by atoms with van der Waals surface area (Å²) in [5.74, 6) is -1.75. The van der Waals surface area contributed by atoms with Crippen LogP contribution in [0, 0.1) is 5.92 Å². The van der Waals surface area contributed by atoms with E-state index >= 15 is 0 Å². The first-order chi connectivity index (χ1) is 13.8. The Morgan fingerprint density at radius 1 is 0.828 bits per heavy atom. The molecule has 0 rings (SSSR count). The van der Waals surface area contributed by atoms with Crippen LogP contribution in [0.1, 0.15) is 91.4 Å². The summed E-state index contributed by atoms with van der Waals surface area (Å²) in [4.78, 5) is 11.6. The number of carbonyl (C=O) groups excluding carboxylic acids is 1. The molecule has 0 amide bonds. The number of carboxylic acids is 1. The number of quaternary nitrogens is 1. The van der Waals surface area contributed by atoms with Crippen molar-refractivity contribution in [2.45, 2.75) is 104 Å². The Kier molecular flexibility index (Phi) is 16.6. The maximum absolute atomic E-state index is 11.6. The Balaban J connectivity index is 5.18. The molecule has 6 nitrogen and oxygen atoms in total. The summed E-state index contributed by atoms with van der Waals surface area (Å²) in [5, 5.41) is 42.6. The van der Waals surface area contributed by atoms with E-state index in [4.69, 9.17) is 0 Å². The highest BCUT2D eigenvalue weighted by molar-refractivity contribution is 5.67. The maximum Gasteiger partial charge on any atom is 0.105 e. The van der Waals surface area contributed by atoms with Crippen molar-refractivity contribution < 1.29 is 29.7 Å². The van der Waals surface area contributed by atoms with Crippen molar-refractivity contribution in [3.8, 4) is 0 Å². The molecule has 0 saturated heterocycles. The van der Waals surface area contributed by atoms with Crippen LogP contribution in [0.2, 0.25) is 0 Å². The summed E-state index contributed by atoms with van der Waals surface area (Å²) in [7, 11) is 0. The van der Waals surface area contributed by atoms with Gasteiger partial charge in [-0.1, -0.05) is 72.1 Å². The number of carboxylic acid groups (broad SMARTS) is 1. The van der Waals surface area contributed by atoms with E-state index in [1.807, 2.05) is 6.92 Å². The number of hydrogen-bond acceptors (Lipinski definition) is 5. The van der Waals surface area contributed by atoms with E-state index in [0.717, 1.165) is 51.4 Å². The van der Waals surface area contributed by atoms with Crippen molar-refractivity contribution in [2.75, 3.05) is 32.8 Å². The van der Waals surface area contributed by atoms with E-state index in [2.05, 4.69) is 13.8 Å². The Morgan fingerprint density at radius 2 is 1.31 bits per heavy atom. The van der Waals surface area contributed by atoms with Crippen molar-refractivity contribution in [1.82, 2.24) is 0 Å². The van der Waals surface area contributed by atoms with Gasteiger partial charge in [0.05, 0.1) is 19.1 Å². The summed E-state index contributed by atoms with van der Waals surface area (Å²) >= 11 is 0. The molecule has 0 aromatic carbocycles. The molecule has 6 heteroatoms. The molecular formula is C23H47NO5. The van der Waals surface area contributed by atoms with Crippen LogP contribution in [0.4, 0.5) is 0 Å². The van der Waals surface area contributed by atoms with E-state index in [0.29, 0.717) is 38.9 Å². The highest BCUT2D eigenvalue weighted by atomic mass is 16.4. The number of unbranched alkanes of at least 4 members (excludes halogenated alkanes) is 6. The monoisotopic (exact) mass is 417 g/mol. The quantitative estimate of drug-likeness (QED) is 0.208. The summed E-state index contributed by atoms with van der Waals surface area (Å²) < 4.78 is 0.229. The lowest BCUT2D eigenvalue weighted by Crippen LogP contribution is -2.60. The second-order valence-corrected chi connectivity index (χ2v) is 8.77. The minimum absolute atomic E-state index is 0.103. The molecule has 0 aliphatic carbocycles. The molecule has 0 radical (unpaired) electrons. The highest BCUT2D eigenvalue weighted by Crippen LogP contribution is 2.20. The van der Waals surface area contributed by atoms with Crippen LogP contribution in [-0.2, 0) is 4.79 Å². The third-order valence-corrected chi connectivity index (χ3v) is 5.99. The predicted molar refractivity (Wildman–Crippen MR) is 115 cm³/mol. The third-order valence-electron chi connectivity index (χ3n) is 5.99. The van der Waals surface area contributed by atoms with E-state index in [9.17, 15) is 25.2 Å². The van der Waals surface area contributed by atoms with Gasteiger partial charge in [0.15, 0.2) is 0 Å². The molecule has 0 aromatic heterocycles. The lowest BCUT2D eigenvalue weighted by Gasteiger charge is -2.43. The minimum atomic E-state index is -1.09. The standard InChI is InChI=1S/C23H47NO5/c1-4-7-9-11-13-21(26)18-24(15-16-25,17-20(6-3)23(28)29)19-22(27)14-12-10-8-5-2/h20-22,25-27H,4-19H2,1-3H3. The zero-order valence-electron chi connectivity index (χ0n) is 19.2. The van der Waals surface area contributed by atoms with Crippen LogP contribution in [0.25, 0.3) is 0 Å². The lowest BCUT2D eigenvalue weighted by atomic mass is 10.0. The van der Waals surface area contributed by atoms with Gasteiger partial charge < -0.3 is 29.7 Å². The first-order valence-corrected chi connectivity index (χ1v) is 11.9. The Morgan fingerprint density at radius 3 is 1.66 bits per heavy atom. The van der Waals surface area contributed by atoms with Crippen molar-refractivity contribution in [2.24, 2.45) is 5.92 Å². The molecule has 0 aromatic rings. The molecule has 0 heterocycles. The number of aliphatic carboxylic acids is 1. The van der Waals surface area contributed by atoms with Crippen LogP contribution in [0.5, 0.6) is 0 Å². The molecule has 0 aliphatic rings. The summed E-state index contributed by atoms with van der Waals surface area (Å²) in [6.45, 7) is 7.34. The number of hydrogen-bond donors (Lipinski definition) is 3. The second-order valence-electron chi connectivity index (χ2n) is 8.77. The van der Waals surface area contributed by atoms with Crippen molar-refractivity contribution in [1.29, 1.82) is 0 Å². The fourth-order valence-electron chi connectivity index (χ4n) is 4.24. The third kappa shape index (κ3) is 13.3. The number of carbonyl (C=O) groups is 1. The van der Waals surface area contributed by atoms with Gasteiger partial charge in [0.25, 0.3) is 0 Å². The molecule has 174 valence electrons. The van der Waals surface area contributed by atoms with Gasteiger partial charge in [-0.2, -0.15) is 0 Å². The first-order valence-electron chi connectivity index (χ1n) is 11.9. The van der Waals surface area contributed by atoms with Gasteiger partial charge in [-0.05, 0) is 19.3 Å². The van der Waals surface area contributed by atoms with Gasteiger partial charge >= 0.3 is 0 Å². The molecule has 3 N–H and O–H groups in total. The summed E-state index contributed by atoms with van der Waals surface area (Å²) in [6.07, 6.45) is 9.21. The summed E-state index contributed by atoms with van der Waals surface area (Å²) in [5.41, 5.74) is 0. The fraction of sp³-hybridized carbons (Fsp3) is 0.957. The smallest absolute Gasteiger partial charge is 0.105 e. The van der Waals surface area contributed by atoms with Crippen LogP contribution in [0.15, 0.2) is 0 Å². The fourth-order valence-corrected chi connectivity index (χ4v) is 4.24. The highest BCUT2D eigenvalue weighted by Gasteiger charge is 2.35. The largest absolute Gasteiger partial charge is 0.550 e. The first kappa shape index (κ1) is 28.3. The van der Waals surface area contributed by atoms with Gasteiger partial charge in [0, 0.05) is 5.92 Å². The van der Waals surface area contributed by atoms with Crippen molar-refractivity contribution in [3.05, 3.63) is 0 Å².